The zero-order valence-corrected chi connectivity index (χ0v) is 9.55. The minimum Gasteiger partial charge on any atom is -0.490 e. The van der Waals surface area contributed by atoms with Crippen LogP contribution in [0.4, 0.5) is 0 Å². The van der Waals surface area contributed by atoms with Crippen molar-refractivity contribution in [2.45, 2.75) is 19.6 Å². The molecule has 1 rings (SSSR count). The van der Waals surface area contributed by atoms with Crippen LogP contribution in [0.1, 0.15) is 6.92 Å². The van der Waals surface area contributed by atoms with Gasteiger partial charge < -0.3 is 15.2 Å². The van der Waals surface area contributed by atoms with Gasteiger partial charge in [-0.05, 0) is 6.92 Å². The van der Waals surface area contributed by atoms with Crippen molar-refractivity contribution in [3.8, 4) is 5.75 Å². The molecular formula is C10H17N3O3. The van der Waals surface area contributed by atoms with E-state index in [4.69, 9.17) is 15.2 Å². The van der Waals surface area contributed by atoms with Gasteiger partial charge in [0.05, 0.1) is 18.8 Å². The first-order valence-corrected chi connectivity index (χ1v) is 5.10. The summed E-state index contributed by atoms with van der Waals surface area (Å²) >= 11 is 0. The molecule has 1 heterocycles. The molecule has 0 amide bonds. The lowest BCUT2D eigenvalue weighted by Gasteiger charge is -2.11. The van der Waals surface area contributed by atoms with Gasteiger partial charge in [-0.2, -0.15) is 5.10 Å². The lowest BCUT2D eigenvalue weighted by atomic mass is 10.4. The van der Waals surface area contributed by atoms with Crippen LogP contribution in [0.3, 0.4) is 0 Å². The van der Waals surface area contributed by atoms with E-state index in [1.807, 2.05) is 6.92 Å². The first-order chi connectivity index (χ1) is 7.67. The summed E-state index contributed by atoms with van der Waals surface area (Å²) in [6.07, 6.45) is 1.44. The molecule has 1 atom stereocenters. The zero-order chi connectivity index (χ0) is 12.0. The molecule has 6 heteroatoms. The van der Waals surface area contributed by atoms with E-state index in [0.29, 0.717) is 25.4 Å². The van der Waals surface area contributed by atoms with Gasteiger partial charge in [-0.1, -0.05) is 0 Å². The SMILES string of the molecule is COC(C)Cn1ncc(OCCN)cc1=O. The van der Waals surface area contributed by atoms with Gasteiger partial charge in [0, 0.05) is 19.7 Å². The van der Waals surface area contributed by atoms with Gasteiger partial charge in [0.2, 0.25) is 0 Å². The molecule has 90 valence electrons. The standard InChI is InChI=1S/C10H17N3O3/c1-8(15-2)7-13-10(14)5-9(6-12-13)16-4-3-11/h5-6,8H,3-4,7,11H2,1-2H3. The predicted molar refractivity (Wildman–Crippen MR) is 59.5 cm³/mol. The number of methoxy groups -OCH3 is 1. The maximum Gasteiger partial charge on any atom is 0.270 e. The second kappa shape index (κ2) is 6.24. The molecule has 1 unspecified atom stereocenters. The number of hydrogen-bond donors (Lipinski definition) is 1. The molecule has 0 bridgehead atoms. The molecule has 16 heavy (non-hydrogen) atoms. The van der Waals surface area contributed by atoms with E-state index in [2.05, 4.69) is 5.10 Å². The van der Waals surface area contributed by atoms with Gasteiger partial charge in [-0.15, -0.1) is 0 Å². The molecule has 0 saturated heterocycles. The van der Waals surface area contributed by atoms with E-state index in [-0.39, 0.29) is 11.7 Å². The molecule has 0 saturated carbocycles. The minimum absolute atomic E-state index is 0.0546. The normalized spacial score (nSPS) is 12.4. The van der Waals surface area contributed by atoms with Crippen LogP contribution >= 0.6 is 0 Å². The molecule has 0 fully saturated rings. The largest absolute Gasteiger partial charge is 0.490 e. The number of rotatable bonds is 6. The molecule has 0 aliphatic rings. The van der Waals surface area contributed by atoms with Crippen LogP contribution in [0.2, 0.25) is 0 Å². The molecule has 1 aromatic rings. The van der Waals surface area contributed by atoms with E-state index in [0.717, 1.165) is 0 Å². The Hall–Kier alpha value is -1.40. The average molecular weight is 227 g/mol. The van der Waals surface area contributed by atoms with Crippen molar-refractivity contribution in [2.24, 2.45) is 5.73 Å². The highest BCUT2D eigenvalue weighted by Gasteiger charge is 2.05. The smallest absolute Gasteiger partial charge is 0.270 e. The molecule has 6 nitrogen and oxygen atoms in total. The Labute approximate surface area is 94.0 Å². The van der Waals surface area contributed by atoms with E-state index >= 15 is 0 Å². The van der Waals surface area contributed by atoms with E-state index in [1.54, 1.807) is 7.11 Å². The van der Waals surface area contributed by atoms with Gasteiger partial charge in [-0.3, -0.25) is 4.79 Å². The van der Waals surface area contributed by atoms with Crippen LogP contribution in [0.25, 0.3) is 0 Å². The molecular weight excluding hydrogens is 210 g/mol. The van der Waals surface area contributed by atoms with Gasteiger partial charge in [0.1, 0.15) is 12.4 Å². The maximum absolute atomic E-state index is 11.6. The highest BCUT2D eigenvalue weighted by Crippen LogP contribution is 2.03. The number of aromatic nitrogens is 2. The quantitative estimate of drug-likeness (QED) is 0.716. The fourth-order valence-electron chi connectivity index (χ4n) is 1.13. The van der Waals surface area contributed by atoms with Crippen molar-refractivity contribution >= 4 is 0 Å². The second-order valence-corrected chi connectivity index (χ2v) is 3.40. The second-order valence-electron chi connectivity index (χ2n) is 3.40. The maximum atomic E-state index is 11.6. The Bertz CT molecular complexity index is 378. The highest BCUT2D eigenvalue weighted by molar-refractivity contribution is 5.13. The van der Waals surface area contributed by atoms with Crippen molar-refractivity contribution in [3.05, 3.63) is 22.6 Å². The Balaban J connectivity index is 2.71. The number of nitrogens with two attached hydrogens (primary N) is 1. The summed E-state index contributed by atoms with van der Waals surface area (Å²) in [6, 6.07) is 1.39. The van der Waals surface area contributed by atoms with Gasteiger partial charge in [0.15, 0.2) is 0 Å². The monoisotopic (exact) mass is 227 g/mol. The fourth-order valence-corrected chi connectivity index (χ4v) is 1.13. The van der Waals surface area contributed by atoms with E-state index < -0.39 is 0 Å². The number of hydrogen-bond acceptors (Lipinski definition) is 5. The summed E-state index contributed by atoms with van der Waals surface area (Å²) in [7, 11) is 1.59. The third kappa shape index (κ3) is 3.63. The molecule has 0 spiro atoms. The van der Waals surface area contributed by atoms with Gasteiger partial charge >= 0.3 is 0 Å². The van der Waals surface area contributed by atoms with Crippen molar-refractivity contribution < 1.29 is 9.47 Å². The van der Waals surface area contributed by atoms with Crippen molar-refractivity contribution in [1.29, 1.82) is 0 Å². The third-order valence-corrected chi connectivity index (χ3v) is 2.06. The summed E-state index contributed by atoms with van der Waals surface area (Å²) < 4.78 is 11.6. The Morgan fingerprint density at radius 1 is 1.62 bits per heavy atom. The molecule has 0 radical (unpaired) electrons. The third-order valence-electron chi connectivity index (χ3n) is 2.06. The van der Waals surface area contributed by atoms with Crippen LogP contribution in [-0.4, -0.2) is 36.1 Å². The summed E-state index contributed by atoms with van der Waals surface area (Å²) in [5.41, 5.74) is 5.07. The number of nitrogens with zero attached hydrogens (tertiary/aromatic N) is 2. The van der Waals surface area contributed by atoms with Crippen LogP contribution in [0, 0.1) is 0 Å². The summed E-state index contributed by atoms with van der Waals surface area (Å²) in [6.45, 7) is 3.07. The Morgan fingerprint density at radius 3 is 2.94 bits per heavy atom. The zero-order valence-electron chi connectivity index (χ0n) is 9.55. The Kier molecular flexibility index (Phi) is 4.94. The predicted octanol–water partition coefficient (Wildman–Crippen LogP) is -0.384. The lowest BCUT2D eigenvalue weighted by Crippen LogP contribution is -2.28. The Morgan fingerprint density at radius 2 is 2.38 bits per heavy atom. The van der Waals surface area contributed by atoms with Crippen LogP contribution in [0.5, 0.6) is 5.75 Å². The minimum atomic E-state index is -0.210. The van der Waals surface area contributed by atoms with Gasteiger partial charge in [0.25, 0.3) is 5.56 Å². The molecule has 0 aliphatic heterocycles. The molecule has 0 aliphatic carbocycles. The first kappa shape index (κ1) is 12.7. The summed E-state index contributed by atoms with van der Waals surface area (Å²) in [5.74, 6) is 0.441. The van der Waals surface area contributed by atoms with E-state index in [1.165, 1.54) is 16.9 Å². The topological polar surface area (TPSA) is 79.4 Å². The van der Waals surface area contributed by atoms with Crippen molar-refractivity contribution in [3.63, 3.8) is 0 Å². The van der Waals surface area contributed by atoms with Crippen LogP contribution < -0.4 is 16.0 Å². The van der Waals surface area contributed by atoms with E-state index in [9.17, 15) is 4.79 Å². The van der Waals surface area contributed by atoms with Crippen LogP contribution in [0.15, 0.2) is 17.1 Å². The van der Waals surface area contributed by atoms with Gasteiger partial charge in [-0.25, -0.2) is 4.68 Å². The average Bonchev–Trinajstić information content (AvgIpc) is 2.29. The highest BCUT2D eigenvalue weighted by atomic mass is 16.5. The summed E-state index contributed by atoms with van der Waals surface area (Å²) in [5, 5.41) is 3.98. The first-order valence-electron chi connectivity index (χ1n) is 5.10. The molecule has 2 N–H and O–H groups in total. The molecule has 0 aromatic carbocycles. The summed E-state index contributed by atoms with van der Waals surface area (Å²) in [4.78, 5) is 11.6. The van der Waals surface area contributed by atoms with Crippen LogP contribution in [-0.2, 0) is 11.3 Å². The fraction of sp³-hybridized carbons (Fsp3) is 0.600. The van der Waals surface area contributed by atoms with Crippen molar-refractivity contribution in [1.82, 2.24) is 9.78 Å². The molecule has 1 aromatic heterocycles. The lowest BCUT2D eigenvalue weighted by molar-refractivity contribution is 0.0982. The number of ether oxygens (including phenoxy) is 2. The van der Waals surface area contributed by atoms with Crippen molar-refractivity contribution in [2.75, 3.05) is 20.3 Å².